The first-order valence-electron chi connectivity index (χ1n) is 13.8. The van der Waals surface area contributed by atoms with Gasteiger partial charge in [0.05, 0.1) is 31.5 Å². The van der Waals surface area contributed by atoms with Crippen LogP contribution in [-0.2, 0) is 23.3 Å². The van der Waals surface area contributed by atoms with Crippen molar-refractivity contribution in [3.05, 3.63) is 16.7 Å². The fourth-order valence-electron chi connectivity index (χ4n) is 5.36. The Labute approximate surface area is 235 Å². The fraction of sp³-hybridized carbons (Fsp3) is 0.731. The number of hydrogen-bond acceptors (Lipinski definition) is 10. The van der Waals surface area contributed by atoms with E-state index in [4.69, 9.17) is 23.8 Å². The maximum absolute atomic E-state index is 12.8. The lowest BCUT2D eigenvalue weighted by Gasteiger charge is -2.39. The molecule has 1 amide bonds. The first-order chi connectivity index (χ1) is 18.9. The molecule has 0 spiro atoms. The zero-order valence-electron chi connectivity index (χ0n) is 24.4. The van der Waals surface area contributed by atoms with Crippen molar-refractivity contribution >= 4 is 31.5 Å². The summed E-state index contributed by atoms with van der Waals surface area (Å²) in [6, 6.07) is 2.39. The summed E-state index contributed by atoms with van der Waals surface area (Å²) in [6.45, 7) is 16.1. The molecular weight excluding hydrogens is 537 g/mol. The van der Waals surface area contributed by atoms with Gasteiger partial charge in [-0.25, -0.2) is 9.65 Å². The Morgan fingerprint density at radius 3 is 2.62 bits per heavy atom. The van der Waals surface area contributed by atoms with Crippen LogP contribution in [0.2, 0.25) is 0 Å². The number of fused-ring (bicyclic) bond motifs is 3. The van der Waals surface area contributed by atoms with Crippen molar-refractivity contribution < 1.29 is 23.3 Å². The number of H-pyrrole nitrogens is 1. The van der Waals surface area contributed by atoms with Crippen LogP contribution in [0.5, 0.6) is 0 Å². The van der Waals surface area contributed by atoms with E-state index in [2.05, 4.69) is 58.7 Å². The van der Waals surface area contributed by atoms with Gasteiger partial charge in [0.2, 0.25) is 11.9 Å². The lowest BCUT2D eigenvalue weighted by atomic mass is 9.91. The molecule has 2 saturated heterocycles. The van der Waals surface area contributed by atoms with Crippen molar-refractivity contribution in [2.75, 3.05) is 11.9 Å². The minimum atomic E-state index is -1.55. The van der Waals surface area contributed by atoms with Gasteiger partial charge < -0.3 is 18.5 Å². The molecule has 0 saturated carbocycles. The van der Waals surface area contributed by atoms with Crippen molar-refractivity contribution in [2.45, 2.75) is 110 Å². The summed E-state index contributed by atoms with van der Waals surface area (Å²) < 4.78 is 30.0. The highest BCUT2D eigenvalue weighted by molar-refractivity contribution is 7.44. The predicted molar refractivity (Wildman–Crippen MR) is 149 cm³/mol. The molecule has 14 heteroatoms. The third kappa shape index (κ3) is 5.53. The van der Waals surface area contributed by atoms with Crippen LogP contribution in [-0.4, -0.2) is 72.7 Å². The molecule has 0 aromatic carbocycles. The van der Waals surface area contributed by atoms with E-state index in [9.17, 15) is 9.59 Å². The average Bonchev–Trinajstić information content (AvgIpc) is 3.51. The Hall–Kier alpha value is -2.46. The number of nitriles is 1. The maximum Gasteiger partial charge on any atom is 0.280 e. The molecule has 0 aliphatic carbocycles. The summed E-state index contributed by atoms with van der Waals surface area (Å²) in [5.74, 6) is -0.532. The van der Waals surface area contributed by atoms with Gasteiger partial charge in [-0.05, 0) is 41.0 Å². The molecule has 2 aliphatic rings. The van der Waals surface area contributed by atoms with Crippen LogP contribution in [0.1, 0.15) is 74.5 Å². The van der Waals surface area contributed by atoms with Crippen LogP contribution in [0.25, 0.3) is 11.2 Å². The van der Waals surface area contributed by atoms with E-state index < -0.39 is 38.1 Å². The predicted octanol–water partition coefficient (Wildman–Crippen LogP) is 3.84. The zero-order valence-corrected chi connectivity index (χ0v) is 25.3. The summed E-state index contributed by atoms with van der Waals surface area (Å²) in [4.78, 5) is 36.4. The number of nitrogens with zero attached hydrogens (tertiary/aromatic N) is 5. The molecule has 4 heterocycles. The summed E-state index contributed by atoms with van der Waals surface area (Å²) in [5.41, 5.74) is -0.879. The van der Waals surface area contributed by atoms with Gasteiger partial charge in [-0.15, -0.1) is 0 Å². The number of carbonyl (C=O) groups is 1. The molecule has 40 heavy (non-hydrogen) atoms. The second kappa shape index (κ2) is 12.2. The summed E-state index contributed by atoms with van der Waals surface area (Å²) in [6.07, 6.45) is 0.365. The van der Waals surface area contributed by atoms with Crippen molar-refractivity contribution in [1.82, 2.24) is 24.2 Å². The molecule has 13 nitrogen and oxygen atoms in total. The summed E-state index contributed by atoms with van der Waals surface area (Å²) in [7, 11) is -1.55. The Balaban J connectivity index is 1.71. The quantitative estimate of drug-likeness (QED) is 0.281. The molecule has 2 bridgehead atoms. The lowest BCUT2D eigenvalue weighted by Crippen LogP contribution is -2.46. The number of imidazole rings is 1. The van der Waals surface area contributed by atoms with E-state index in [0.29, 0.717) is 6.42 Å². The molecule has 2 aromatic rings. The highest BCUT2D eigenvalue weighted by Crippen LogP contribution is 2.58. The van der Waals surface area contributed by atoms with Crippen molar-refractivity contribution in [3.63, 3.8) is 0 Å². The first kappa shape index (κ1) is 30.5. The second-order valence-corrected chi connectivity index (χ2v) is 12.4. The molecule has 2 N–H and O–H groups in total. The zero-order chi connectivity index (χ0) is 29.4. The van der Waals surface area contributed by atoms with Crippen LogP contribution in [0.15, 0.2) is 11.1 Å². The number of aromatic nitrogens is 4. The molecule has 4 rings (SSSR count). The Morgan fingerprint density at radius 2 is 2.02 bits per heavy atom. The monoisotopic (exact) mass is 577 g/mol. The Bertz CT molecular complexity index is 1300. The molecule has 0 radical (unpaired) electrons. The molecule has 2 aromatic heterocycles. The molecule has 2 fully saturated rings. The normalized spacial score (nSPS) is 26.9. The van der Waals surface area contributed by atoms with Crippen LogP contribution in [0.4, 0.5) is 5.95 Å². The molecule has 2 unspecified atom stereocenters. The third-order valence-corrected chi connectivity index (χ3v) is 9.45. The lowest BCUT2D eigenvalue weighted by molar-refractivity contribution is -0.205. The highest BCUT2D eigenvalue weighted by atomic mass is 31.2. The van der Waals surface area contributed by atoms with E-state index in [1.54, 1.807) is 18.4 Å². The average molecular weight is 578 g/mol. The fourth-order valence-corrected chi connectivity index (χ4v) is 7.16. The Kier molecular flexibility index (Phi) is 9.29. The third-order valence-electron chi connectivity index (χ3n) is 7.34. The van der Waals surface area contributed by atoms with Gasteiger partial charge in [0.25, 0.3) is 14.1 Å². The highest BCUT2D eigenvalue weighted by Gasteiger charge is 2.66. The van der Waals surface area contributed by atoms with Crippen molar-refractivity contribution in [3.8, 4) is 6.07 Å². The molecular formula is C26H40N7O6P. The summed E-state index contributed by atoms with van der Waals surface area (Å²) >= 11 is 0. The van der Waals surface area contributed by atoms with Gasteiger partial charge in [0, 0.05) is 18.0 Å². The number of amides is 1. The first-order valence-corrected chi connectivity index (χ1v) is 14.9. The minimum absolute atomic E-state index is 0.0346. The largest absolute Gasteiger partial charge is 0.365 e. The van der Waals surface area contributed by atoms with Crippen LogP contribution < -0.4 is 10.9 Å². The SMILES string of the molecule is CC[C@]12O[C@@H](n3cnc4c(=O)[nH]c(NC(=O)C(C)C)nc43)[C@@H](O[C@H]1C)C2OP(OCCC#N)N(C(C)C)C(C)C. The van der Waals surface area contributed by atoms with Gasteiger partial charge in [0.15, 0.2) is 17.4 Å². The number of nitrogens with one attached hydrogen (secondary N) is 2. The van der Waals surface area contributed by atoms with Crippen LogP contribution in [0, 0.1) is 17.2 Å². The van der Waals surface area contributed by atoms with Gasteiger partial charge in [-0.2, -0.15) is 10.2 Å². The van der Waals surface area contributed by atoms with Crippen LogP contribution >= 0.6 is 8.53 Å². The number of anilines is 1. The topological polar surface area (TPSA) is 157 Å². The molecule has 6 atom stereocenters. The minimum Gasteiger partial charge on any atom is -0.365 e. The number of hydrogen-bond donors (Lipinski definition) is 2. The van der Waals surface area contributed by atoms with E-state index in [0.717, 1.165) is 0 Å². The molecule has 220 valence electrons. The smallest absolute Gasteiger partial charge is 0.280 e. The number of aromatic amines is 1. The Morgan fingerprint density at radius 1 is 1.32 bits per heavy atom. The number of ether oxygens (including phenoxy) is 2. The number of rotatable bonds is 12. The number of carbonyl (C=O) groups excluding carboxylic acids is 1. The van der Waals surface area contributed by atoms with Crippen molar-refractivity contribution in [2.24, 2.45) is 5.92 Å². The van der Waals surface area contributed by atoms with Gasteiger partial charge in [-0.1, -0.05) is 20.8 Å². The maximum atomic E-state index is 12.8. The standard InChI is InChI=1S/C26H40N7O6P/c1-9-26-17(8)37-19(20(26)39-40(36-12-10-11-27)33(15(4)5)16(6)7)24(38-26)32-13-28-18-21(32)29-25(31-23(18)35)30-22(34)14(2)3/h13-17,19-20,24H,9-10,12H2,1-8H3,(H2,29,30,31,34,35)/t17-,19-,20?,24+,26-,40?/m0/s1. The summed E-state index contributed by atoms with van der Waals surface area (Å²) in [5, 5.41) is 11.7. The van der Waals surface area contributed by atoms with E-state index in [-0.39, 0.29) is 60.2 Å². The second-order valence-electron chi connectivity index (χ2n) is 11.0. The molecule has 2 aliphatic heterocycles. The van der Waals surface area contributed by atoms with E-state index >= 15 is 0 Å². The van der Waals surface area contributed by atoms with Gasteiger partial charge >= 0.3 is 0 Å². The van der Waals surface area contributed by atoms with Crippen LogP contribution in [0.3, 0.4) is 0 Å². The van der Waals surface area contributed by atoms with Gasteiger partial charge in [0.1, 0.15) is 17.8 Å². The van der Waals surface area contributed by atoms with E-state index in [1.807, 2.05) is 13.8 Å². The van der Waals surface area contributed by atoms with E-state index in [1.165, 1.54) is 6.33 Å². The van der Waals surface area contributed by atoms with Gasteiger partial charge in [-0.3, -0.25) is 24.5 Å². The van der Waals surface area contributed by atoms with Crippen molar-refractivity contribution in [1.29, 1.82) is 5.26 Å².